The maximum Gasteiger partial charge on any atom is 0.000535 e. The molecule has 0 aliphatic rings. The second-order valence-corrected chi connectivity index (χ2v) is 5.18. The highest BCUT2D eigenvalue weighted by Gasteiger charge is 2.22. The van der Waals surface area contributed by atoms with Gasteiger partial charge in [-0.25, -0.2) is 0 Å². The van der Waals surface area contributed by atoms with Crippen LogP contribution < -0.4 is 5.32 Å². The zero-order valence-corrected chi connectivity index (χ0v) is 10.3. The van der Waals surface area contributed by atoms with Crippen molar-refractivity contribution in [2.75, 3.05) is 13.6 Å². The van der Waals surface area contributed by atoms with Gasteiger partial charge < -0.3 is 5.32 Å². The Labute approximate surface area is 91.5 Å². The highest BCUT2D eigenvalue weighted by molar-refractivity contribution is 7.07. The van der Waals surface area contributed by atoms with E-state index in [2.05, 4.69) is 36.0 Å². The number of nitrogens with one attached hydrogen (secondary N) is 1. The molecule has 1 rings (SSSR count). The lowest BCUT2D eigenvalue weighted by molar-refractivity contribution is 0.283. The molecule has 80 valence electrons. The second-order valence-electron chi connectivity index (χ2n) is 4.40. The topological polar surface area (TPSA) is 12.0 Å². The van der Waals surface area contributed by atoms with Crippen LogP contribution >= 0.6 is 11.3 Å². The lowest BCUT2D eigenvalue weighted by Crippen LogP contribution is -2.31. The van der Waals surface area contributed by atoms with Crippen molar-refractivity contribution in [3.8, 4) is 0 Å². The molecule has 0 spiro atoms. The fourth-order valence-electron chi connectivity index (χ4n) is 2.16. The van der Waals surface area contributed by atoms with Crippen LogP contribution in [0.3, 0.4) is 0 Å². The summed E-state index contributed by atoms with van der Waals surface area (Å²) in [6, 6.07) is 2.24. The molecule has 0 amide bonds. The van der Waals surface area contributed by atoms with Gasteiger partial charge in [0.1, 0.15) is 0 Å². The Hall–Kier alpha value is -0.340. The molecule has 1 heterocycles. The van der Waals surface area contributed by atoms with Crippen LogP contribution in [-0.4, -0.2) is 13.6 Å². The normalized spacial score (nSPS) is 15.4. The van der Waals surface area contributed by atoms with Crippen molar-refractivity contribution in [3.63, 3.8) is 0 Å². The molecule has 14 heavy (non-hydrogen) atoms. The minimum atomic E-state index is 0.421. The van der Waals surface area contributed by atoms with E-state index in [9.17, 15) is 0 Å². The van der Waals surface area contributed by atoms with E-state index in [0.717, 1.165) is 6.54 Å². The molecule has 1 N–H and O–H groups in total. The Morgan fingerprint density at radius 3 is 2.79 bits per heavy atom. The van der Waals surface area contributed by atoms with Crippen LogP contribution in [0.25, 0.3) is 0 Å². The van der Waals surface area contributed by atoms with Crippen molar-refractivity contribution in [2.24, 2.45) is 5.41 Å². The fourth-order valence-corrected chi connectivity index (χ4v) is 2.82. The van der Waals surface area contributed by atoms with Crippen molar-refractivity contribution < 1.29 is 0 Å². The van der Waals surface area contributed by atoms with Crippen LogP contribution in [0.5, 0.6) is 0 Å². The summed E-state index contributed by atoms with van der Waals surface area (Å²) < 4.78 is 0. The van der Waals surface area contributed by atoms with E-state index < -0.39 is 0 Å². The van der Waals surface area contributed by atoms with Crippen molar-refractivity contribution in [2.45, 2.75) is 33.1 Å². The van der Waals surface area contributed by atoms with Gasteiger partial charge in [-0.2, -0.15) is 11.3 Å². The van der Waals surface area contributed by atoms with Crippen LogP contribution in [-0.2, 0) is 6.42 Å². The molecule has 0 aliphatic carbocycles. The number of hydrogen-bond donors (Lipinski definition) is 1. The van der Waals surface area contributed by atoms with Gasteiger partial charge in [-0.3, -0.25) is 0 Å². The first kappa shape index (κ1) is 11.7. The Balaban J connectivity index is 2.58. The quantitative estimate of drug-likeness (QED) is 0.761. The summed E-state index contributed by atoms with van der Waals surface area (Å²) in [7, 11) is 2.04. The summed E-state index contributed by atoms with van der Waals surface area (Å²) in [5.41, 5.74) is 1.91. The van der Waals surface area contributed by atoms with Gasteiger partial charge in [-0.05, 0) is 47.7 Å². The summed E-state index contributed by atoms with van der Waals surface area (Å²) in [4.78, 5) is 0. The van der Waals surface area contributed by atoms with Gasteiger partial charge in [0.05, 0.1) is 0 Å². The Morgan fingerprint density at radius 2 is 2.29 bits per heavy atom. The molecule has 2 heteroatoms. The molecule has 0 saturated heterocycles. The molecule has 0 saturated carbocycles. The van der Waals surface area contributed by atoms with Crippen LogP contribution in [0.1, 0.15) is 32.3 Å². The summed E-state index contributed by atoms with van der Waals surface area (Å²) in [6.07, 6.45) is 3.76. The van der Waals surface area contributed by atoms with Gasteiger partial charge in [0.2, 0.25) is 0 Å². The van der Waals surface area contributed by atoms with E-state index in [-0.39, 0.29) is 0 Å². The Kier molecular flexibility index (Phi) is 4.63. The number of thiophene rings is 1. The first-order valence-corrected chi connectivity index (χ1v) is 6.30. The zero-order valence-electron chi connectivity index (χ0n) is 9.47. The van der Waals surface area contributed by atoms with Crippen molar-refractivity contribution in [1.29, 1.82) is 0 Å². The van der Waals surface area contributed by atoms with E-state index in [0.29, 0.717) is 5.41 Å². The SMILES string of the molecule is CCCC(C)(CNC)Cc1ccsc1. The smallest absolute Gasteiger partial charge is 0.000535 e. The third-order valence-electron chi connectivity index (χ3n) is 2.67. The van der Waals surface area contributed by atoms with Crippen LogP contribution in [0, 0.1) is 5.41 Å². The summed E-state index contributed by atoms with van der Waals surface area (Å²) in [5, 5.41) is 7.74. The van der Waals surface area contributed by atoms with E-state index in [1.165, 1.54) is 24.8 Å². The van der Waals surface area contributed by atoms with Crippen molar-refractivity contribution >= 4 is 11.3 Å². The molecular formula is C12H21NS. The predicted molar refractivity (Wildman–Crippen MR) is 65.0 cm³/mol. The van der Waals surface area contributed by atoms with Gasteiger partial charge in [0, 0.05) is 6.54 Å². The standard InChI is InChI=1S/C12H21NS/c1-4-6-12(2,10-13-3)8-11-5-7-14-9-11/h5,7,9,13H,4,6,8,10H2,1-3H3. The molecule has 1 atom stereocenters. The van der Waals surface area contributed by atoms with Crippen molar-refractivity contribution in [3.05, 3.63) is 22.4 Å². The van der Waals surface area contributed by atoms with E-state index >= 15 is 0 Å². The lowest BCUT2D eigenvalue weighted by atomic mass is 9.80. The van der Waals surface area contributed by atoms with E-state index in [4.69, 9.17) is 0 Å². The van der Waals surface area contributed by atoms with Gasteiger partial charge in [-0.1, -0.05) is 20.3 Å². The molecule has 0 aliphatic heterocycles. The molecular weight excluding hydrogens is 190 g/mol. The van der Waals surface area contributed by atoms with Gasteiger partial charge in [0.25, 0.3) is 0 Å². The first-order valence-electron chi connectivity index (χ1n) is 5.36. The fraction of sp³-hybridized carbons (Fsp3) is 0.667. The van der Waals surface area contributed by atoms with Crippen LogP contribution in [0.4, 0.5) is 0 Å². The number of hydrogen-bond acceptors (Lipinski definition) is 2. The Bertz CT molecular complexity index is 235. The molecule has 0 radical (unpaired) electrons. The first-order chi connectivity index (χ1) is 6.70. The maximum absolute atomic E-state index is 3.31. The van der Waals surface area contributed by atoms with E-state index in [1.54, 1.807) is 11.3 Å². The summed E-state index contributed by atoms with van der Waals surface area (Å²) in [6.45, 7) is 5.75. The zero-order chi connectivity index (χ0) is 10.4. The van der Waals surface area contributed by atoms with Gasteiger partial charge >= 0.3 is 0 Å². The highest BCUT2D eigenvalue weighted by atomic mass is 32.1. The molecule has 0 bridgehead atoms. The molecule has 0 aromatic carbocycles. The molecule has 1 aromatic rings. The molecule has 1 nitrogen and oxygen atoms in total. The monoisotopic (exact) mass is 211 g/mol. The van der Waals surface area contributed by atoms with Gasteiger partial charge in [-0.15, -0.1) is 0 Å². The highest BCUT2D eigenvalue weighted by Crippen LogP contribution is 2.28. The average Bonchev–Trinajstić information content (AvgIpc) is 2.57. The number of rotatable bonds is 6. The average molecular weight is 211 g/mol. The third kappa shape index (κ3) is 3.43. The largest absolute Gasteiger partial charge is 0.319 e. The summed E-state index contributed by atoms with van der Waals surface area (Å²) >= 11 is 1.80. The second kappa shape index (κ2) is 5.52. The molecule has 1 aromatic heterocycles. The minimum absolute atomic E-state index is 0.421. The van der Waals surface area contributed by atoms with Crippen LogP contribution in [0.15, 0.2) is 16.8 Å². The molecule has 0 fully saturated rings. The Morgan fingerprint density at radius 1 is 1.50 bits per heavy atom. The minimum Gasteiger partial charge on any atom is -0.319 e. The van der Waals surface area contributed by atoms with E-state index in [1.807, 2.05) is 7.05 Å². The lowest BCUT2D eigenvalue weighted by Gasteiger charge is -2.28. The van der Waals surface area contributed by atoms with Crippen molar-refractivity contribution in [1.82, 2.24) is 5.32 Å². The summed E-state index contributed by atoms with van der Waals surface area (Å²) in [5.74, 6) is 0. The predicted octanol–water partition coefficient (Wildman–Crippen LogP) is 3.32. The third-order valence-corrected chi connectivity index (χ3v) is 3.40. The van der Waals surface area contributed by atoms with Crippen LogP contribution in [0.2, 0.25) is 0 Å². The molecule has 1 unspecified atom stereocenters. The van der Waals surface area contributed by atoms with Gasteiger partial charge in [0.15, 0.2) is 0 Å². The maximum atomic E-state index is 3.31.